The molecule has 0 N–H and O–H groups in total. The molecule has 3 nitrogen and oxygen atoms in total. The molecule has 0 unspecified atom stereocenters. The zero-order chi connectivity index (χ0) is 11.7. The van der Waals surface area contributed by atoms with Crippen molar-refractivity contribution in [1.29, 1.82) is 0 Å². The van der Waals surface area contributed by atoms with E-state index in [9.17, 15) is 4.79 Å². The molecule has 0 saturated heterocycles. The molecule has 0 aliphatic heterocycles. The number of aromatic nitrogens is 2. The second-order valence-corrected chi connectivity index (χ2v) is 3.90. The van der Waals surface area contributed by atoms with Gasteiger partial charge in [0.15, 0.2) is 5.78 Å². The van der Waals surface area contributed by atoms with Crippen molar-refractivity contribution in [1.82, 2.24) is 9.55 Å². The summed E-state index contributed by atoms with van der Waals surface area (Å²) in [4.78, 5) is 15.5. The van der Waals surface area contributed by atoms with Gasteiger partial charge >= 0.3 is 0 Å². The average molecular weight is 214 g/mol. The predicted octanol–water partition coefficient (Wildman–Crippen LogP) is 2.69. The number of nitrogens with zero attached hydrogens (tertiary/aromatic N) is 2. The Bertz CT molecular complexity index is 523. The van der Waals surface area contributed by atoms with Gasteiger partial charge in [0.2, 0.25) is 0 Å². The number of benzene rings is 1. The molecule has 0 amide bonds. The van der Waals surface area contributed by atoms with Crippen LogP contribution >= 0.6 is 0 Å². The van der Waals surface area contributed by atoms with Crippen LogP contribution in [0, 0.1) is 13.8 Å². The lowest BCUT2D eigenvalue weighted by Crippen LogP contribution is -1.97. The number of imidazole rings is 1. The summed E-state index contributed by atoms with van der Waals surface area (Å²) in [6.07, 6.45) is 1.98. The molecule has 2 aromatic rings. The average Bonchev–Trinajstić information content (AvgIpc) is 2.58. The van der Waals surface area contributed by atoms with Gasteiger partial charge in [-0.2, -0.15) is 0 Å². The van der Waals surface area contributed by atoms with Crippen molar-refractivity contribution in [3.63, 3.8) is 0 Å². The Morgan fingerprint density at radius 2 is 1.81 bits per heavy atom. The SMILES string of the molecule is CC(=O)c1ccc(-n2cc(C)nc2C)cc1. The Morgan fingerprint density at radius 1 is 1.19 bits per heavy atom. The molecule has 1 aromatic heterocycles. The van der Waals surface area contributed by atoms with Gasteiger partial charge in [0.25, 0.3) is 0 Å². The van der Waals surface area contributed by atoms with Crippen LogP contribution in [0.5, 0.6) is 0 Å². The molecule has 0 fully saturated rings. The van der Waals surface area contributed by atoms with Gasteiger partial charge < -0.3 is 4.57 Å². The molecule has 0 atom stereocenters. The fourth-order valence-corrected chi connectivity index (χ4v) is 1.74. The Morgan fingerprint density at radius 3 is 2.25 bits per heavy atom. The zero-order valence-electron chi connectivity index (χ0n) is 9.69. The Kier molecular flexibility index (Phi) is 2.60. The van der Waals surface area contributed by atoms with Gasteiger partial charge in [-0.05, 0) is 45.0 Å². The van der Waals surface area contributed by atoms with Crippen LogP contribution in [-0.4, -0.2) is 15.3 Å². The zero-order valence-corrected chi connectivity index (χ0v) is 9.69. The number of Topliss-reactive ketones (excluding diaryl/α,β-unsaturated/α-hetero) is 1. The first kappa shape index (κ1) is 10.6. The number of hydrogen-bond acceptors (Lipinski definition) is 2. The first-order valence-electron chi connectivity index (χ1n) is 5.22. The summed E-state index contributed by atoms with van der Waals surface area (Å²) in [5.74, 6) is 1.04. The number of rotatable bonds is 2. The highest BCUT2D eigenvalue weighted by molar-refractivity contribution is 5.94. The quantitative estimate of drug-likeness (QED) is 0.720. The maximum Gasteiger partial charge on any atom is 0.159 e. The van der Waals surface area contributed by atoms with E-state index in [0.29, 0.717) is 0 Å². The highest BCUT2D eigenvalue weighted by Gasteiger charge is 2.04. The summed E-state index contributed by atoms with van der Waals surface area (Å²) < 4.78 is 2.01. The third-order valence-electron chi connectivity index (χ3n) is 2.55. The van der Waals surface area contributed by atoms with Crippen LogP contribution in [0.15, 0.2) is 30.5 Å². The van der Waals surface area contributed by atoms with E-state index in [1.807, 2.05) is 48.9 Å². The Hall–Kier alpha value is -1.90. The number of carbonyl (C=O) groups is 1. The third kappa shape index (κ3) is 1.89. The summed E-state index contributed by atoms with van der Waals surface area (Å²) in [7, 11) is 0. The molecule has 0 aliphatic rings. The summed E-state index contributed by atoms with van der Waals surface area (Å²) in [5, 5.41) is 0. The lowest BCUT2D eigenvalue weighted by molar-refractivity contribution is 0.101. The number of ketones is 1. The fraction of sp³-hybridized carbons (Fsp3) is 0.231. The van der Waals surface area contributed by atoms with Crippen molar-refractivity contribution in [2.24, 2.45) is 0 Å². The van der Waals surface area contributed by atoms with Crippen LogP contribution in [0.4, 0.5) is 0 Å². The molecule has 0 bridgehead atoms. The molecule has 0 aliphatic carbocycles. The van der Waals surface area contributed by atoms with Crippen LogP contribution in [0.3, 0.4) is 0 Å². The van der Waals surface area contributed by atoms with Crippen molar-refractivity contribution >= 4 is 5.78 Å². The molecule has 16 heavy (non-hydrogen) atoms. The molecule has 1 heterocycles. The van der Waals surface area contributed by atoms with Crippen LogP contribution in [0.2, 0.25) is 0 Å². The van der Waals surface area contributed by atoms with Gasteiger partial charge in [-0.25, -0.2) is 4.98 Å². The maximum absolute atomic E-state index is 11.1. The van der Waals surface area contributed by atoms with Gasteiger partial charge in [0.1, 0.15) is 5.82 Å². The molecule has 82 valence electrons. The van der Waals surface area contributed by atoms with E-state index in [0.717, 1.165) is 22.8 Å². The van der Waals surface area contributed by atoms with Gasteiger partial charge in [-0.15, -0.1) is 0 Å². The first-order valence-corrected chi connectivity index (χ1v) is 5.22. The first-order chi connectivity index (χ1) is 7.58. The van der Waals surface area contributed by atoms with Crippen LogP contribution in [0.1, 0.15) is 28.8 Å². The normalized spacial score (nSPS) is 10.4. The second kappa shape index (κ2) is 3.93. The van der Waals surface area contributed by atoms with Crippen molar-refractivity contribution in [3.8, 4) is 5.69 Å². The minimum absolute atomic E-state index is 0.0880. The molecular weight excluding hydrogens is 200 g/mol. The predicted molar refractivity (Wildman–Crippen MR) is 63.0 cm³/mol. The summed E-state index contributed by atoms with van der Waals surface area (Å²) in [6, 6.07) is 7.55. The third-order valence-corrected chi connectivity index (χ3v) is 2.55. The minimum Gasteiger partial charge on any atom is -0.304 e. The molecule has 0 radical (unpaired) electrons. The molecule has 0 saturated carbocycles. The van der Waals surface area contributed by atoms with Gasteiger partial charge in [-0.3, -0.25) is 4.79 Å². The van der Waals surface area contributed by atoms with E-state index in [1.54, 1.807) is 6.92 Å². The highest BCUT2D eigenvalue weighted by atomic mass is 16.1. The molecule has 0 spiro atoms. The number of hydrogen-bond donors (Lipinski definition) is 0. The van der Waals surface area contributed by atoms with E-state index in [2.05, 4.69) is 4.98 Å². The summed E-state index contributed by atoms with van der Waals surface area (Å²) in [5.41, 5.74) is 2.76. The lowest BCUT2D eigenvalue weighted by atomic mass is 10.1. The Labute approximate surface area is 94.7 Å². The van der Waals surface area contributed by atoms with E-state index in [4.69, 9.17) is 0 Å². The van der Waals surface area contributed by atoms with Crippen LogP contribution < -0.4 is 0 Å². The minimum atomic E-state index is 0.0880. The van der Waals surface area contributed by atoms with E-state index in [1.165, 1.54) is 0 Å². The highest BCUT2D eigenvalue weighted by Crippen LogP contribution is 2.13. The maximum atomic E-state index is 11.1. The lowest BCUT2D eigenvalue weighted by Gasteiger charge is -2.05. The largest absolute Gasteiger partial charge is 0.304 e. The molecule has 2 rings (SSSR count). The van der Waals surface area contributed by atoms with Gasteiger partial charge in [-0.1, -0.05) is 0 Å². The smallest absolute Gasteiger partial charge is 0.159 e. The topological polar surface area (TPSA) is 34.9 Å². The fourth-order valence-electron chi connectivity index (χ4n) is 1.74. The van der Waals surface area contributed by atoms with Gasteiger partial charge in [0.05, 0.1) is 5.69 Å². The Balaban J connectivity index is 2.42. The van der Waals surface area contributed by atoms with Crippen molar-refractivity contribution in [2.45, 2.75) is 20.8 Å². The monoisotopic (exact) mass is 214 g/mol. The molecular formula is C13H14N2O. The van der Waals surface area contributed by atoms with Crippen LogP contribution in [0.25, 0.3) is 5.69 Å². The number of carbonyl (C=O) groups excluding carboxylic acids is 1. The van der Waals surface area contributed by atoms with E-state index in [-0.39, 0.29) is 5.78 Å². The van der Waals surface area contributed by atoms with Crippen molar-refractivity contribution in [2.75, 3.05) is 0 Å². The summed E-state index contributed by atoms with van der Waals surface area (Å²) in [6.45, 7) is 5.50. The van der Waals surface area contributed by atoms with E-state index < -0.39 is 0 Å². The van der Waals surface area contributed by atoms with Crippen molar-refractivity contribution < 1.29 is 4.79 Å². The summed E-state index contributed by atoms with van der Waals surface area (Å²) >= 11 is 0. The van der Waals surface area contributed by atoms with Gasteiger partial charge in [0, 0.05) is 17.4 Å². The van der Waals surface area contributed by atoms with Crippen LogP contribution in [-0.2, 0) is 0 Å². The molecule has 3 heteroatoms. The second-order valence-electron chi connectivity index (χ2n) is 3.90. The number of aryl methyl sites for hydroxylation is 2. The standard InChI is InChI=1S/C13H14N2O/c1-9-8-15(11(3)14-9)13-6-4-12(5-7-13)10(2)16/h4-8H,1-3H3. The molecule has 1 aromatic carbocycles. The van der Waals surface area contributed by atoms with Crippen molar-refractivity contribution in [3.05, 3.63) is 47.5 Å². The van der Waals surface area contributed by atoms with E-state index >= 15 is 0 Å².